The summed E-state index contributed by atoms with van der Waals surface area (Å²) in [7, 11) is 1.58. The zero-order valence-corrected chi connectivity index (χ0v) is 11.1. The van der Waals surface area contributed by atoms with Crippen LogP contribution in [-0.4, -0.2) is 19.0 Å². The summed E-state index contributed by atoms with van der Waals surface area (Å²) in [6, 6.07) is 7.39. The average Bonchev–Trinajstić information content (AvgIpc) is 2.35. The summed E-state index contributed by atoms with van der Waals surface area (Å²) in [5.41, 5.74) is 0.931. The van der Waals surface area contributed by atoms with Crippen LogP contribution in [0.3, 0.4) is 0 Å². The minimum atomic E-state index is -1.13. The predicted molar refractivity (Wildman–Crippen MR) is 68.2 cm³/mol. The monoisotopic (exact) mass is 264 g/mol. The standard InChI is InChI=1S/C14H19NO4/c1-10(7-14(17)18)6-13(16)15-9-11-4-3-5-12(8-11)19-2/h3-5,8,10H,6-7,9H2,1-2H3,(H,15,16)(H,17,18)/p-1/t10-/m0/s1. The van der Waals surface area contributed by atoms with E-state index in [2.05, 4.69) is 5.32 Å². The molecule has 5 heteroatoms. The molecule has 1 aromatic rings. The third-order valence-electron chi connectivity index (χ3n) is 2.67. The normalized spacial score (nSPS) is 11.7. The van der Waals surface area contributed by atoms with Crippen LogP contribution in [0, 0.1) is 5.92 Å². The second kappa shape index (κ2) is 7.41. The van der Waals surface area contributed by atoms with Gasteiger partial charge in [0.1, 0.15) is 5.75 Å². The number of aliphatic carboxylic acids is 1. The highest BCUT2D eigenvalue weighted by atomic mass is 16.5. The van der Waals surface area contributed by atoms with Crippen molar-refractivity contribution < 1.29 is 19.4 Å². The largest absolute Gasteiger partial charge is 0.550 e. The molecule has 1 aromatic carbocycles. The Kier molecular flexibility index (Phi) is 5.85. The Labute approximate surface area is 112 Å². The van der Waals surface area contributed by atoms with E-state index in [-0.39, 0.29) is 24.7 Å². The van der Waals surface area contributed by atoms with E-state index in [4.69, 9.17) is 4.74 Å². The molecule has 104 valence electrons. The Morgan fingerprint density at radius 2 is 2.11 bits per heavy atom. The third kappa shape index (κ3) is 5.90. The van der Waals surface area contributed by atoms with E-state index in [1.54, 1.807) is 14.0 Å². The van der Waals surface area contributed by atoms with E-state index in [1.165, 1.54) is 0 Å². The first kappa shape index (κ1) is 15.0. The third-order valence-corrected chi connectivity index (χ3v) is 2.67. The van der Waals surface area contributed by atoms with Crippen LogP contribution in [0.1, 0.15) is 25.3 Å². The first-order valence-corrected chi connectivity index (χ1v) is 6.10. The number of hydrogen-bond acceptors (Lipinski definition) is 4. The summed E-state index contributed by atoms with van der Waals surface area (Å²) in [6.45, 7) is 2.11. The summed E-state index contributed by atoms with van der Waals surface area (Å²) in [5.74, 6) is -0.794. The first-order chi connectivity index (χ1) is 9.01. The van der Waals surface area contributed by atoms with Crippen molar-refractivity contribution in [3.05, 3.63) is 29.8 Å². The highest BCUT2D eigenvalue weighted by molar-refractivity contribution is 5.77. The van der Waals surface area contributed by atoms with Gasteiger partial charge >= 0.3 is 0 Å². The highest BCUT2D eigenvalue weighted by Gasteiger charge is 2.09. The number of carboxylic acid groups (broad SMARTS) is 1. The maximum Gasteiger partial charge on any atom is 0.220 e. The molecular weight excluding hydrogens is 246 g/mol. The average molecular weight is 264 g/mol. The van der Waals surface area contributed by atoms with Crippen LogP contribution in [0.25, 0.3) is 0 Å². The van der Waals surface area contributed by atoms with Crippen LogP contribution < -0.4 is 15.2 Å². The van der Waals surface area contributed by atoms with Gasteiger partial charge in [0.25, 0.3) is 0 Å². The molecule has 19 heavy (non-hydrogen) atoms. The summed E-state index contributed by atoms with van der Waals surface area (Å²) in [6.07, 6.45) is 0.0739. The smallest absolute Gasteiger partial charge is 0.220 e. The van der Waals surface area contributed by atoms with Crippen molar-refractivity contribution in [3.8, 4) is 5.75 Å². The lowest BCUT2D eigenvalue weighted by Gasteiger charge is -2.12. The molecule has 0 spiro atoms. The molecular formula is C14H18NO4-. The molecule has 0 aromatic heterocycles. The number of carbonyl (C=O) groups is 2. The molecule has 0 aliphatic rings. The number of benzene rings is 1. The minimum absolute atomic E-state index is 0.105. The lowest BCUT2D eigenvalue weighted by Crippen LogP contribution is -2.28. The topological polar surface area (TPSA) is 78.5 Å². The van der Waals surface area contributed by atoms with Gasteiger partial charge in [-0.05, 0) is 30.0 Å². The molecule has 0 saturated heterocycles. The van der Waals surface area contributed by atoms with E-state index in [1.807, 2.05) is 24.3 Å². The van der Waals surface area contributed by atoms with Gasteiger partial charge in [0.2, 0.25) is 5.91 Å². The van der Waals surface area contributed by atoms with E-state index in [0.717, 1.165) is 11.3 Å². The second-order valence-corrected chi connectivity index (χ2v) is 4.51. The molecule has 0 unspecified atom stereocenters. The quantitative estimate of drug-likeness (QED) is 0.777. The number of ether oxygens (including phenoxy) is 1. The molecule has 0 saturated carbocycles. The van der Waals surface area contributed by atoms with Crippen molar-refractivity contribution in [3.63, 3.8) is 0 Å². The molecule has 0 aliphatic heterocycles. The zero-order chi connectivity index (χ0) is 14.3. The molecule has 0 fully saturated rings. The van der Waals surface area contributed by atoms with Crippen molar-refractivity contribution in [2.75, 3.05) is 7.11 Å². The lowest BCUT2D eigenvalue weighted by atomic mass is 10.0. The van der Waals surface area contributed by atoms with Crippen molar-refractivity contribution in [1.29, 1.82) is 0 Å². The molecule has 1 N–H and O–H groups in total. The molecule has 1 amide bonds. The van der Waals surface area contributed by atoms with Crippen LogP contribution in [-0.2, 0) is 16.1 Å². The van der Waals surface area contributed by atoms with Gasteiger partial charge < -0.3 is 20.0 Å². The number of amides is 1. The zero-order valence-electron chi connectivity index (χ0n) is 11.1. The maximum atomic E-state index is 11.6. The Morgan fingerprint density at radius 1 is 1.37 bits per heavy atom. The van der Waals surface area contributed by atoms with E-state index >= 15 is 0 Å². The van der Waals surface area contributed by atoms with Crippen LogP contribution in [0.15, 0.2) is 24.3 Å². The van der Waals surface area contributed by atoms with Gasteiger partial charge in [-0.3, -0.25) is 4.79 Å². The number of nitrogens with one attached hydrogen (secondary N) is 1. The summed E-state index contributed by atoms with van der Waals surface area (Å²) < 4.78 is 5.09. The van der Waals surface area contributed by atoms with Crippen LogP contribution in [0.5, 0.6) is 5.75 Å². The van der Waals surface area contributed by atoms with Crippen molar-refractivity contribution in [1.82, 2.24) is 5.32 Å². The number of carboxylic acids is 1. The van der Waals surface area contributed by atoms with Crippen LogP contribution >= 0.6 is 0 Å². The molecule has 0 aliphatic carbocycles. The SMILES string of the molecule is COc1cccc(CNC(=O)C[C@H](C)CC(=O)[O-])c1. The fourth-order valence-electron chi connectivity index (χ4n) is 1.73. The summed E-state index contributed by atoms with van der Waals surface area (Å²) in [4.78, 5) is 22.0. The summed E-state index contributed by atoms with van der Waals surface area (Å²) >= 11 is 0. The molecule has 1 rings (SSSR count). The number of carbonyl (C=O) groups excluding carboxylic acids is 2. The van der Waals surface area contributed by atoms with Gasteiger partial charge in [-0.25, -0.2) is 0 Å². The maximum absolute atomic E-state index is 11.6. The number of methoxy groups -OCH3 is 1. The van der Waals surface area contributed by atoms with Gasteiger partial charge in [-0.2, -0.15) is 0 Å². The Balaban J connectivity index is 2.39. The second-order valence-electron chi connectivity index (χ2n) is 4.51. The van der Waals surface area contributed by atoms with Crippen LogP contribution in [0.4, 0.5) is 0 Å². The predicted octanol–water partition coefficient (Wildman–Crippen LogP) is 0.478. The van der Waals surface area contributed by atoms with E-state index < -0.39 is 5.97 Å². The van der Waals surface area contributed by atoms with Gasteiger partial charge in [-0.1, -0.05) is 19.1 Å². The van der Waals surface area contributed by atoms with Crippen molar-refractivity contribution in [2.45, 2.75) is 26.3 Å². The van der Waals surface area contributed by atoms with Crippen molar-refractivity contribution >= 4 is 11.9 Å². The van der Waals surface area contributed by atoms with Gasteiger partial charge in [-0.15, -0.1) is 0 Å². The Bertz CT molecular complexity index is 445. The molecule has 0 heterocycles. The van der Waals surface area contributed by atoms with E-state index in [9.17, 15) is 14.7 Å². The first-order valence-electron chi connectivity index (χ1n) is 6.10. The van der Waals surface area contributed by atoms with Gasteiger partial charge in [0, 0.05) is 18.9 Å². The molecule has 0 radical (unpaired) electrons. The van der Waals surface area contributed by atoms with Gasteiger partial charge in [0.05, 0.1) is 7.11 Å². The molecule has 0 bridgehead atoms. The fraction of sp³-hybridized carbons (Fsp3) is 0.429. The Hall–Kier alpha value is -2.04. The van der Waals surface area contributed by atoms with Crippen molar-refractivity contribution in [2.24, 2.45) is 5.92 Å². The number of hydrogen-bond donors (Lipinski definition) is 1. The van der Waals surface area contributed by atoms with Crippen LogP contribution in [0.2, 0.25) is 0 Å². The number of rotatable bonds is 7. The van der Waals surface area contributed by atoms with Gasteiger partial charge in [0.15, 0.2) is 0 Å². The fourth-order valence-corrected chi connectivity index (χ4v) is 1.73. The van der Waals surface area contributed by atoms with E-state index in [0.29, 0.717) is 6.54 Å². The molecule has 1 atom stereocenters. The molecule has 5 nitrogen and oxygen atoms in total. The Morgan fingerprint density at radius 3 is 2.74 bits per heavy atom. The minimum Gasteiger partial charge on any atom is -0.550 e. The highest BCUT2D eigenvalue weighted by Crippen LogP contribution is 2.12. The summed E-state index contributed by atoms with van der Waals surface area (Å²) in [5, 5.41) is 13.1. The lowest BCUT2D eigenvalue weighted by molar-refractivity contribution is -0.306.